The summed E-state index contributed by atoms with van der Waals surface area (Å²) < 4.78 is 1.84. The average Bonchev–Trinajstić information content (AvgIpc) is 2.72. The zero-order chi connectivity index (χ0) is 15.6. The molecule has 21 heavy (non-hydrogen) atoms. The molecule has 3 nitrogen and oxygen atoms in total. The molecule has 0 saturated carbocycles. The average molecular weight is 347 g/mol. The predicted molar refractivity (Wildman–Crippen MR) is 89.6 cm³/mol. The fourth-order valence-corrected chi connectivity index (χ4v) is 3.30. The van der Waals surface area contributed by atoms with E-state index < -0.39 is 0 Å². The molecule has 0 aliphatic carbocycles. The first-order valence-electron chi connectivity index (χ1n) is 6.80. The SMILES string of the molecule is CCc1nn(C)c(CC(NC)c2ccc(Cl)cc2Cl)c1Cl. The Morgan fingerprint density at radius 1 is 1.29 bits per heavy atom. The second kappa shape index (κ2) is 7.01. The fourth-order valence-electron chi connectivity index (χ4n) is 2.39. The van der Waals surface area contributed by atoms with Gasteiger partial charge in [0.2, 0.25) is 0 Å². The van der Waals surface area contributed by atoms with Crippen molar-refractivity contribution in [2.45, 2.75) is 25.8 Å². The highest BCUT2D eigenvalue weighted by molar-refractivity contribution is 6.35. The van der Waals surface area contributed by atoms with Gasteiger partial charge in [0.25, 0.3) is 0 Å². The van der Waals surface area contributed by atoms with E-state index in [0.717, 1.165) is 28.4 Å². The molecule has 0 aliphatic heterocycles. The molecular weight excluding hydrogens is 329 g/mol. The van der Waals surface area contributed by atoms with Crippen LogP contribution in [0.3, 0.4) is 0 Å². The third-order valence-electron chi connectivity index (χ3n) is 3.59. The standard InChI is InChI=1S/C15H18Cl3N3/c1-4-12-15(18)14(21(3)20-12)8-13(19-2)10-6-5-9(16)7-11(10)17/h5-7,13,19H,4,8H2,1-3H3. The Morgan fingerprint density at radius 3 is 2.52 bits per heavy atom. The highest BCUT2D eigenvalue weighted by Crippen LogP contribution is 2.31. The minimum Gasteiger partial charge on any atom is -0.313 e. The van der Waals surface area contributed by atoms with E-state index in [1.165, 1.54) is 0 Å². The van der Waals surface area contributed by atoms with Crippen molar-refractivity contribution in [1.29, 1.82) is 0 Å². The molecule has 1 unspecified atom stereocenters. The third kappa shape index (κ3) is 3.54. The maximum absolute atomic E-state index is 6.42. The summed E-state index contributed by atoms with van der Waals surface area (Å²) in [5.74, 6) is 0. The van der Waals surface area contributed by atoms with Crippen molar-refractivity contribution in [3.05, 3.63) is 50.2 Å². The highest BCUT2D eigenvalue weighted by Gasteiger charge is 2.20. The number of hydrogen-bond acceptors (Lipinski definition) is 2. The predicted octanol–water partition coefficient (Wildman–Crippen LogP) is 4.45. The van der Waals surface area contributed by atoms with E-state index >= 15 is 0 Å². The summed E-state index contributed by atoms with van der Waals surface area (Å²) in [6.07, 6.45) is 1.53. The Bertz CT molecular complexity index is 637. The van der Waals surface area contributed by atoms with Crippen molar-refractivity contribution in [3.63, 3.8) is 0 Å². The Hall–Kier alpha value is -0.740. The molecule has 114 valence electrons. The van der Waals surface area contributed by atoms with Crippen LogP contribution in [0.25, 0.3) is 0 Å². The van der Waals surface area contributed by atoms with Crippen LogP contribution in [0, 0.1) is 0 Å². The van der Waals surface area contributed by atoms with Crippen LogP contribution in [-0.4, -0.2) is 16.8 Å². The monoisotopic (exact) mass is 345 g/mol. The van der Waals surface area contributed by atoms with Gasteiger partial charge in [-0.25, -0.2) is 0 Å². The second-order valence-electron chi connectivity index (χ2n) is 4.90. The summed E-state index contributed by atoms with van der Waals surface area (Å²) in [5.41, 5.74) is 2.92. The van der Waals surface area contributed by atoms with Gasteiger partial charge in [0.15, 0.2) is 0 Å². The van der Waals surface area contributed by atoms with E-state index in [2.05, 4.69) is 10.4 Å². The summed E-state index contributed by atoms with van der Waals surface area (Å²) in [4.78, 5) is 0. The molecule has 1 atom stereocenters. The normalized spacial score (nSPS) is 12.7. The van der Waals surface area contributed by atoms with Crippen LogP contribution in [0.5, 0.6) is 0 Å². The van der Waals surface area contributed by atoms with E-state index in [-0.39, 0.29) is 6.04 Å². The molecule has 0 aliphatic rings. The van der Waals surface area contributed by atoms with E-state index in [1.54, 1.807) is 6.07 Å². The lowest BCUT2D eigenvalue weighted by Crippen LogP contribution is -2.20. The number of halogens is 3. The Kier molecular flexibility index (Phi) is 5.55. The van der Waals surface area contributed by atoms with Gasteiger partial charge in [-0.3, -0.25) is 4.68 Å². The molecule has 2 aromatic rings. The number of likely N-dealkylation sites (N-methyl/N-ethyl adjacent to an activating group) is 1. The maximum Gasteiger partial charge on any atom is 0.0850 e. The Labute approximate surface area is 140 Å². The molecule has 0 amide bonds. The van der Waals surface area contributed by atoms with Crippen molar-refractivity contribution < 1.29 is 0 Å². The summed E-state index contributed by atoms with van der Waals surface area (Å²) in [6, 6.07) is 5.59. The Balaban J connectivity index is 2.33. The lowest BCUT2D eigenvalue weighted by Gasteiger charge is -2.18. The van der Waals surface area contributed by atoms with Crippen molar-refractivity contribution in [3.8, 4) is 0 Å². The van der Waals surface area contributed by atoms with Gasteiger partial charge < -0.3 is 5.32 Å². The minimum absolute atomic E-state index is 0.0485. The first kappa shape index (κ1) is 16.6. The molecule has 1 aromatic heterocycles. The molecule has 2 rings (SSSR count). The lowest BCUT2D eigenvalue weighted by molar-refractivity contribution is 0.561. The van der Waals surface area contributed by atoms with Gasteiger partial charge in [0.05, 0.1) is 16.4 Å². The summed E-state index contributed by atoms with van der Waals surface area (Å²) in [5, 5.41) is 9.75. The highest BCUT2D eigenvalue weighted by atomic mass is 35.5. The van der Waals surface area contributed by atoms with Crippen LogP contribution in [0.2, 0.25) is 15.1 Å². The van der Waals surface area contributed by atoms with E-state index in [1.807, 2.05) is 37.8 Å². The van der Waals surface area contributed by atoms with Gasteiger partial charge in [-0.1, -0.05) is 47.8 Å². The molecule has 0 bridgehead atoms. The number of aromatic nitrogens is 2. The molecule has 0 radical (unpaired) electrons. The molecule has 0 saturated heterocycles. The summed E-state index contributed by atoms with van der Waals surface area (Å²) >= 11 is 18.7. The largest absolute Gasteiger partial charge is 0.313 e. The molecule has 0 fully saturated rings. The van der Waals surface area contributed by atoms with Crippen molar-refractivity contribution in [2.24, 2.45) is 7.05 Å². The number of aryl methyl sites for hydroxylation is 2. The fraction of sp³-hybridized carbons (Fsp3) is 0.400. The first-order valence-corrected chi connectivity index (χ1v) is 7.93. The van der Waals surface area contributed by atoms with Crippen LogP contribution in [0.1, 0.15) is 29.9 Å². The van der Waals surface area contributed by atoms with Gasteiger partial charge in [0, 0.05) is 29.6 Å². The zero-order valence-corrected chi connectivity index (χ0v) is 14.5. The van der Waals surface area contributed by atoms with Gasteiger partial charge in [-0.05, 0) is 31.2 Å². The second-order valence-corrected chi connectivity index (χ2v) is 6.12. The molecular formula is C15H18Cl3N3. The topological polar surface area (TPSA) is 29.9 Å². The van der Waals surface area contributed by atoms with Crippen LogP contribution < -0.4 is 5.32 Å². The lowest BCUT2D eigenvalue weighted by atomic mass is 10.0. The van der Waals surface area contributed by atoms with Gasteiger partial charge in [0.1, 0.15) is 0 Å². The number of benzene rings is 1. The van der Waals surface area contributed by atoms with Crippen LogP contribution in [0.15, 0.2) is 18.2 Å². The van der Waals surface area contributed by atoms with Gasteiger partial charge >= 0.3 is 0 Å². The molecule has 0 spiro atoms. The molecule has 6 heteroatoms. The van der Waals surface area contributed by atoms with Crippen LogP contribution in [-0.2, 0) is 19.9 Å². The Morgan fingerprint density at radius 2 is 2.00 bits per heavy atom. The van der Waals surface area contributed by atoms with Crippen LogP contribution in [0.4, 0.5) is 0 Å². The van der Waals surface area contributed by atoms with Gasteiger partial charge in [-0.15, -0.1) is 0 Å². The summed E-state index contributed by atoms with van der Waals surface area (Å²) in [6.45, 7) is 2.05. The number of hydrogen-bond donors (Lipinski definition) is 1. The summed E-state index contributed by atoms with van der Waals surface area (Å²) in [7, 11) is 3.82. The van der Waals surface area contributed by atoms with Gasteiger partial charge in [-0.2, -0.15) is 5.10 Å². The van der Waals surface area contributed by atoms with E-state index in [0.29, 0.717) is 16.5 Å². The van der Waals surface area contributed by atoms with Crippen LogP contribution >= 0.6 is 34.8 Å². The van der Waals surface area contributed by atoms with Crippen molar-refractivity contribution in [1.82, 2.24) is 15.1 Å². The zero-order valence-electron chi connectivity index (χ0n) is 12.3. The number of rotatable bonds is 5. The van der Waals surface area contributed by atoms with Crippen molar-refractivity contribution >= 4 is 34.8 Å². The minimum atomic E-state index is 0.0485. The number of nitrogens with one attached hydrogen (secondary N) is 1. The van der Waals surface area contributed by atoms with E-state index in [4.69, 9.17) is 34.8 Å². The molecule has 1 N–H and O–H groups in total. The van der Waals surface area contributed by atoms with Crippen molar-refractivity contribution in [2.75, 3.05) is 7.05 Å². The molecule has 1 aromatic carbocycles. The smallest absolute Gasteiger partial charge is 0.0850 e. The molecule has 1 heterocycles. The van der Waals surface area contributed by atoms with E-state index in [9.17, 15) is 0 Å². The third-order valence-corrected chi connectivity index (χ3v) is 4.59. The number of nitrogens with zero attached hydrogens (tertiary/aromatic N) is 2. The maximum atomic E-state index is 6.42. The quantitative estimate of drug-likeness (QED) is 0.867. The first-order chi connectivity index (χ1) is 9.97.